The molecule has 0 saturated carbocycles. The molecule has 2 heteroatoms. The first-order chi connectivity index (χ1) is 10.4. The summed E-state index contributed by atoms with van der Waals surface area (Å²) in [6.45, 7) is 1.00. The van der Waals surface area contributed by atoms with Crippen LogP contribution in [0.25, 0.3) is 0 Å². The van der Waals surface area contributed by atoms with E-state index in [1.807, 2.05) is 12.3 Å². The summed E-state index contributed by atoms with van der Waals surface area (Å²) >= 11 is 0. The molecule has 3 rings (SSSR count). The minimum atomic E-state index is 0.175. The van der Waals surface area contributed by atoms with Crippen molar-refractivity contribution < 1.29 is 0 Å². The van der Waals surface area contributed by atoms with Crippen molar-refractivity contribution in [3.63, 3.8) is 0 Å². The van der Waals surface area contributed by atoms with Gasteiger partial charge in [-0.15, -0.1) is 0 Å². The lowest BCUT2D eigenvalue weighted by Crippen LogP contribution is -2.24. The van der Waals surface area contributed by atoms with Crippen molar-refractivity contribution in [1.29, 1.82) is 0 Å². The molecule has 0 radical (unpaired) electrons. The number of benzene rings is 1. The Bertz CT molecular complexity index is 536. The third kappa shape index (κ3) is 3.79. The van der Waals surface area contributed by atoms with Gasteiger partial charge in [-0.1, -0.05) is 48.0 Å². The highest BCUT2D eigenvalue weighted by molar-refractivity contribution is 5.27. The minimum Gasteiger partial charge on any atom is -0.305 e. The topological polar surface area (TPSA) is 24.9 Å². The molecule has 108 valence electrons. The second kappa shape index (κ2) is 7.19. The van der Waals surface area contributed by atoms with Crippen LogP contribution in [0.2, 0.25) is 0 Å². The second-order valence-corrected chi connectivity index (χ2v) is 5.56. The summed E-state index contributed by atoms with van der Waals surface area (Å²) in [4.78, 5) is 4.53. The molecule has 0 fully saturated rings. The molecule has 1 unspecified atom stereocenters. The standard InChI is InChI=1S/C19H22N2/c1-2-10-17(11-3-1)19(18-12-6-7-14-20-18)21-15-13-16-8-4-5-9-16/h1-3,6-8,10-12,14,19,21H,4-5,9,13,15H2. The van der Waals surface area contributed by atoms with Crippen LogP contribution in [0.5, 0.6) is 0 Å². The fourth-order valence-corrected chi connectivity index (χ4v) is 2.93. The fourth-order valence-electron chi connectivity index (χ4n) is 2.93. The van der Waals surface area contributed by atoms with Gasteiger partial charge in [0.2, 0.25) is 0 Å². The molecule has 0 saturated heterocycles. The van der Waals surface area contributed by atoms with E-state index in [4.69, 9.17) is 0 Å². The third-order valence-electron chi connectivity index (χ3n) is 4.05. The van der Waals surface area contributed by atoms with E-state index in [0.29, 0.717) is 0 Å². The molecule has 2 nitrogen and oxygen atoms in total. The van der Waals surface area contributed by atoms with E-state index in [1.165, 1.54) is 24.8 Å². The SMILES string of the molecule is C1=C(CCNC(c2ccccc2)c2ccccn2)CCC1. The van der Waals surface area contributed by atoms with Gasteiger partial charge in [0.15, 0.2) is 0 Å². The Balaban J connectivity index is 1.70. The normalized spacial score (nSPS) is 15.7. The van der Waals surface area contributed by atoms with Crippen molar-refractivity contribution in [1.82, 2.24) is 10.3 Å². The quantitative estimate of drug-likeness (QED) is 0.799. The molecule has 1 heterocycles. The van der Waals surface area contributed by atoms with E-state index >= 15 is 0 Å². The Morgan fingerprint density at radius 1 is 1.05 bits per heavy atom. The summed E-state index contributed by atoms with van der Waals surface area (Å²) < 4.78 is 0. The number of nitrogens with one attached hydrogen (secondary N) is 1. The molecule has 0 spiro atoms. The van der Waals surface area contributed by atoms with Crippen LogP contribution in [0.1, 0.15) is 43.0 Å². The molecule has 1 aromatic carbocycles. The van der Waals surface area contributed by atoms with Gasteiger partial charge in [-0.25, -0.2) is 0 Å². The van der Waals surface area contributed by atoms with Gasteiger partial charge in [-0.2, -0.15) is 0 Å². The Labute approximate surface area is 126 Å². The molecular formula is C19H22N2. The summed E-state index contributed by atoms with van der Waals surface area (Å²) in [6, 6.07) is 16.9. The average molecular weight is 278 g/mol. The van der Waals surface area contributed by atoms with Crippen LogP contribution in [0.15, 0.2) is 66.4 Å². The molecule has 1 atom stereocenters. The van der Waals surface area contributed by atoms with Crippen LogP contribution in [0, 0.1) is 0 Å². The predicted molar refractivity (Wildman–Crippen MR) is 87.1 cm³/mol. The van der Waals surface area contributed by atoms with E-state index in [0.717, 1.165) is 18.7 Å². The van der Waals surface area contributed by atoms with Gasteiger partial charge in [0, 0.05) is 6.20 Å². The van der Waals surface area contributed by atoms with Crippen molar-refractivity contribution in [3.8, 4) is 0 Å². The van der Waals surface area contributed by atoms with Gasteiger partial charge in [0.25, 0.3) is 0 Å². The van der Waals surface area contributed by atoms with E-state index in [-0.39, 0.29) is 6.04 Å². The molecule has 2 aromatic rings. The lowest BCUT2D eigenvalue weighted by Gasteiger charge is -2.19. The highest BCUT2D eigenvalue weighted by Gasteiger charge is 2.14. The van der Waals surface area contributed by atoms with Gasteiger partial charge >= 0.3 is 0 Å². The van der Waals surface area contributed by atoms with Crippen molar-refractivity contribution >= 4 is 0 Å². The Hall–Kier alpha value is -1.93. The van der Waals surface area contributed by atoms with Gasteiger partial charge in [-0.05, 0) is 49.9 Å². The summed E-state index contributed by atoms with van der Waals surface area (Å²) in [6.07, 6.45) is 9.29. The molecule has 0 aliphatic heterocycles. The van der Waals surface area contributed by atoms with Crippen molar-refractivity contribution in [2.75, 3.05) is 6.54 Å². The number of rotatable bonds is 6. The van der Waals surface area contributed by atoms with Crippen molar-refractivity contribution in [3.05, 3.63) is 77.6 Å². The van der Waals surface area contributed by atoms with E-state index in [9.17, 15) is 0 Å². The number of aromatic nitrogens is 1. The van der Waals surface area contributed by atoms with E-state index in [1.54, 1.807) is 5.57 Å². The zero-order valence-electron chi connectivity index (χ0n) is 12.3. The highest BCUT2D eigenvalue weighted by Crippen LogP contribution is 2.22. The Morgan fingerprint density at radius 3 is 2.62 bits per heavy atom. The van der Waals surface area contributed by atoms with E-state index in [2.05, 4.69) is 58.8 Å². The van der Waals surface area contributed by atoms with Crippen LogP contribution in [0.4, 0.5) is 0 Å². The lowest BCUT2D eigenvalue weighted by molar-refractivity contribution is 0.588. The minimum absolute atomic E-state index is 0.175. The van der Waals surface area contributed by atoms with Crippen LogP contribution in [-0.4, -0.2) is 11.5 Å². The number of hydrogen-bond donors (Lipinski definition) is 1. The predicted octanol–water partition coefficient (Wildman–Crippen LogP) is 4.26. The Morgan fingerprint density at radius 2 is 1.90 bits per heavy atom. The maximum atomic E-state index is 4.53. The molecule has 0 amide bonds. The monoisotopic (exact) mass is 278 g/mol. The van der Waals surface area contributed by atoms with Crippen molar-refractivity contribution in [2.24, 2.45) is 0 Å². The van der Waals surface area contributed by atoms with Crippen LogP contribution < -0.4 is 5.32 Å². The zero-order chi connectivity index (χ0) is 14.3. The molecule has 1 aliphatic carbocycles. The zero-order valence-corrected chi connectivity index (χ0v) is 12.3. The smallest absolute Gasteiger partial charge is 0.0751 e. The number of pyridine rings is 1. The van der Waals surface area contributed by atoms with Gasteiger partial charge in [0.05, 0.1) is 11.7 Å². The highest BCUT2D eigenvalue weighted by atomic mass is 14.9. The Kier molecular flexibility index (Phi) is 4.80. The number of nitrogens with zero attached hydrogens (tertiary/aromatic N) is 1. The molecule has 1 N–H and O–H groups in total. The molecular weight excluding hydrogens is 256 g/mol. The molecule has 21 heavy (non-hydrogen) atoms. The van der Waals surface area contributed by atoms with Crippen LogP contribution in [-0.2, 0) is 0 Å². The number of hydrogen-bond acceptors (Lipinski definition) is 2. The summed E-state index contributed by atoms with van der Waals surface area (Å²) in [5.74, 6) is 0. The third-order valence-corrected chi connectivity index (χ3v) is 4.05. The first-order valence-corrected chi connectivity index (χ1v) is 7.80. The van der Waals surface area contributed by atoms with Gasteiger partial charge in [-0.3, -0.25) is 4.98 Å². The summed E-state index contributed by atoms with van der Waals surface area (Å²) in [7, 11) is 0. The summed E-state index contributed by atoms with van der Waals surface area (Å²) in [5.41, 5.74) is 3.97. The lowest BCUT2D eigenvalue weighted by atomic mass is 10.0. The molecule has 0 bridgehead atoms. The fraction of sp³-hybridized carbons (Fsp3) is 0.316. The first-order valence-electron chi connectivity index (χ1n) is 7.80. The second-order valence-electron chi connectivity index (χ2n) is 5.56. The van der Waals surface area contributed by atoms with Gasteiger partial charge in [0.1, 0.15) is 0 Å². The number of allylic oxidation sites excluding steroid dienone is 1. The maximum absolute atomic E-state index is 4.53. The maximum Gasteiger partial charge on any atom is 0.0751 e. The molecule has 1 aromatic heterocycles. The van der Waals surface area contributed by atoms with Gasteiger partial charge < -0.3 is 5.32 Å². The molecule has 1 aliphatic rings. The van der Waals surface area contributed by atoms with Crippen molar-refractivity contribution in [2.45, 2.75) is 31.7 Å². The van der Waals surface area contributed by atoms with E-state index < -0.39 is 0 Å². The summed E-state index contributed by atoms with van der Waals surface area (Å²) in [5, 5.41) is 3.68. The van der Waals surface area contributed by atoms with Crippen LogP contribution in [0.3, 0.4) is 0 Å². The van der Waals surface area contributed by atoms with Crippen LogP contribution >= 0.6 is 0 Å². The largest absolute Gasteiger partial charge is 0.305 e. The average Bonchev–Trinajstić information content (AvgIpc) is 3.07. The first kappa shape index (κ1) is 14.0.